The highest BCUT2D eigenvalue weighted by molar-refractivity contribution is 5.33. The summed E-state index contributed by atoms with van der Waals surface area (Å²) in [6.45, 7) is 2.05. The molecule has 0 N–H and O–H groups in total. The van der Waals surface area contributed by atoms with Crippen LogP contribution in [0.15, 0.2) is 84.9 Å². The van der Waals surface area contributed by atoms with Gasteiger partial charge in [0.25, 0.3) is 0 Å². The molecule has 1 saturated carbocycles. The summed E-state index contributed by atoms with van der Waals surface area (Å²) < 4.78 is 5.66. The van der Waals surface area contributed by atoms with Gasteiger partial charge >= 0.3 is 0 Å². The molecule has 4 rings (SSSR count). The molecule has 134 valence electrons. The molecular weight excluding hydrogens is 316 g/mol. The first kappa shape index (κ1) is 18.3. The Morgan fingerprint density at radius 1 is 0.654 bits per heavy atom. The molecule has 0 aliphatic heterocycles. The third-order valence-electron chi connectivity index (χ3n) is 4.84. The molecule has 0 heterocycles. The highest BCUT2D eigenvalue weighted by Gasteiger charge is 2.14. The number of ether oxygens (including phenoxy) is 1. The number of rotatable bonds is 3. The van der Waals surface area contributed by atoms with Gasteiger partial charge in [-0.15, -0.1) is 0 Å². The van der Waals surface area contributed by atoms with Gasteiger partial charge in [-0.05, 0) is 61.1 Å². The third-order valence-corrected chi connectivity index (χ3v) is 4.84. The van der Waals surface area contributed by atoms with Crippen molar-refractivity contribution >= 4 is 0 Å². The lowest BCUT2D eigenvalue weighted by molar-refractivity contribution is 0.443. The maximum Gasteiger partial charge on any atom is 0.127 e. The van der Waals surface area contributed by atoms with Gasteiger partial charge in [-0.3, -0.25) is 0 Å². The van der Waals surface area contributed by atoms with Crippen LogP contribution in [0.25, 0.3) is 0 Å². The van der Waals surface area contributed by atoms with Crippen LogP contribution in [0.5, 0.6) is 11.5 Å². The molecule has 26 heavy (non-hydrogen) atoms. The van der Waals surface area contributed by atoms with Crippen LogP contribution in [-0.4, -0.2) is 0 Å². The van der Waals surface area contributed by atoms with Crippen molar-refractivity contribution in [2.24, 2.45) is 0 Å². The minimum Gasteiger partial charge on any atom is -0.457 e. The Balaban J connectivity index is 0.000000152. The molecule has 3 aromatic carbocycles. The summed E-state index contributed by atoms with van der Waals surface area (Å²) in [5.41, 5.74) is 2.76. The van der Waals surface area contributed by atoms with Crippen LogP contribution in [-0.2, 0) is 0 Å². The molecule has 1 fully saturated rings. The summed E-state index contributed by atoms with van der Waals surface area (Å²) in [7, 11) is 0. The van der Waals surface area contributed by atoms with Gasteiger partial charge in [-0.1, -0.05) is 79.9 Å². The molecule has 1 aliphatic carbocycles. The monoisotopic (exact) mass is 344 g/mol. The van der Waals surface area contributed by atoms with Gasteiger partial charge in [-0.2, -0.15) is 0 Å². The maximum atomic E-state index is 5.66. The second-order valence-corrected chi connectivity index (χ2v) is 6.98. The van der Waals surface area contributed by atoms with E-state index in [9.17, 15) is 0 Å². The summed E-state index contributed by atoms with van der Waals surface area (Å²) in [6, 6.07) is 28.8. The average molecular weight is 344 g/mol. The molecule has 1 aliphatic rings. The number of hydrogen-bond donors (Lipinski definition) is 0. The van der Waals surface area contributed by atoms with Gasteiger partial charge in [0.05, 0.1) is 0 Å². The summed E-state index contributed by atoms with van der Waals surface area (Å²) in [5, 5.41) is 0. The second kappa shape index (κ2) is 9.82. The Morgan fingerprint density at radius 2 is 1.27 bits per heavy atom. The Labute approximate surface area is 157 Å². The number of hydrogen-bond acceptors (Lipinski definition) is 1. The molecule has 0 atom stereocenters. The van der Waals surface area contributed by atoms with Gasteiger partial charge in [0.2, 0.25) is 0 Å². The van der Waals surface area contributed by atoms with Gasteiger partial charge in [0, 0.05) is 0 Å². The fourth-order valence-electron chi connectivity index (χ4n) is 3.46. The lowest BCUT2D eigenvalue weighted by atomic mass is 9.84. The van der Waals surface area contributed by atoms with Crippen molar-refractivity contribution in [2.75, 3.05) is 0 Å². The lowest BCUT2D eigenvalue weighted by Crippen LogP contribution is -2.03. The van der Waals surface area contributed by atoms with Crippen molar-refractivity contribution in [1.82, 2.24) is 0 Å². The summed E-state index contributed by atoms with van der Waals surface area (Å²) in [6.07, 6.45) is 7.12. The van der Waals surface area contributed by atoms with Crippen molar-refractivity contribution in [1.29, 1.82) is 0 Å². The van der Waals surface area contributed by atoms with Crippen LogP contribution in [0.3, 0.4) is 0 Å². The first-order valence-corrected chi connectivity index (χ1v) is 9.66. The zero-order valence-corrected chi connectivity index (χ0v) is 15.6. The Bertz CT molecular complexity index is 758. The van der Waals surface area contributed by atoms with E-state index in [0.717, 1.165) is 17.4 Å². The molecule has 0 unspecified atom stereocenters. The normalized spacial score (nSPS) is 14.2. The predicted molar refractivity (Wildman–Crippen MR) is 110 cm³/mol. The molecule has 0 saturated heterocycles. The number of para-hydroxylation sites is 1. The smallest absolute Gasteiger partial charge is 0.127 e. The Kier molecular flexibility index (Phi) is 6.89. The molecule has 0 spiro atoms. The highest BCUT2D eigenvalue weighted by Crippen LogP contribution is 2.32. The van der Waals surface area contributed by atoms with E-state index in [0.29, 0.717) is 0 Å². The summed E-state index contributed by atoms with van der Waals surface area (Å²) in [5.74, 6) is 2.62. The van der Waals surface area contributed by atoms with Gasteiger partial charge in [0.1, 0.15) is 11.5 Å². The minimum absolute atomic E-state index is 0.861. The van der Waals surface area contributed by atoms with Crippen molar-refractivity contribution < 1.29 is 4.74 Å². The first-order chi connectivity index (χ1) is 12.8. The Hall–Kier alpha value is -2.54. The molecule has 0 bridgehead atoms. The fourth-order valence-corrected chi connectivity index (χ4v) is 3.46. The van der Waals surface area contributed by atoms with Gasteiger partial charge in [-0.25, -0.2) is 0 Å². The molecule has 0 aromatic heterocycles. The number of benzene rings is 3. The van der Waals surface area contributed by atoms with Crippen LogP contribution >= 0.6 is 0 Å². The van der Waals surface area contributed by atoms with E-state index in [4.69, 9.17) is 4.74 Å². The largest absolute Gasteiger partial charge is 0.457 e. The Morgan fingerprint density at radius 3 is 1.92 bits per heavy atom. The minimum atomic E-state index is 0.861. The fraction of sp³-hybridized carbons (Fsp3) is 0.280. The maximum absolute atomic E-state index is 5.66. The summed E-state index contributed by atoms with van der Waals surface area (Å²) >= 11 is 0. The molecule has 1 heteroatoms. The zero-order valence-electron chi connectivity index (χ0n) is 15.6. The average Bonchev–Trinajstić information content (AvgIpc) is 2.71. The second-order valence-electron chi connectivity index (χ2n) is 6.98. The first-order valence-electron chi connectivity index (χ1n) is 9.66. The van der Waals surface area contributed by atoms with Crippen LogP contribution in [0.2, 0.25) is 0 Å². The van der Waals surface area contributed by atoms with E-state index >= 15 is 0 Å². The van der Waals surface area contributed by atoms with E-state index < -0.39 is 0 Å². The van der Waals surface area contributed by atoms with Crippen molar-refractivity contribution in [3.05, 3.63) is 96.1 Å². The van der Waals surface area contributed by atoms with Crippen LogP contribution in [0, 0.1) is 6.92 Å². The van der Waals surface area contributed by atoms with Crippen molar-refractivity contribution in [3.63, 3.8) is 0 Å². The highest BCUT2D eigenvalue weighted by atomic mass is 16.5. The third kappa shape index (κ3) is 5.77. The predicted octanol–water partition coefficient (Wildman–Crippen LogP) is 7.52. The van der Waals surface area contributed by atoms with Crippen LogP contribution in [0.1, 0.15) is 49.1 Å². The van der Waals surface area contributed by atoms with Gasteiger partial charge in [0.15, 0.2) is 0 Å². The van der Waals surface area contributed by atoms with E-state index in [2.05, 4.69) is 43.3 Å². The van der Waals surface area contributed by atoms with Gasteiger partial charge < -0.3 is 4.74 Å². The lowest BCUT2D eigenvalue weighted by Gasteiger charge is -2.21. The van der Waals surface area contributed by atoms with E-state index in [1.165, 1.54) is 37.7 Å². The van der Waals surface area contributed by atoms with E-state index in [-0.39, 0.29) is 0 Å². The molecule has 1 nitrogen and oxygen atoms in total. The molecule has 0 amide bonds. The van der Waals surface area contributed by atoms with E-state index in [1.807, 2.05) is 48.5 Å². The zero-order chi connectivity index (χ0) is 18.0. The quantitative estimate of drug-likeness (QED) is 0.477. The van der Waals surface area contributed by atoms with Crippen molar-refractivity contribution in [2.45, 2.75) is 44.9 Å². The SMILES string of the molecule is Cc1cccc(Oc2ccccc2)c1.c1ccc(C2CCCCC2)cc1. The van der Waals surface area contributed by atoms with Crippen LogP contribution < -0.4 is 4.74 Å². The molecular formula is C25H28O. The molecule has 0 radical (unpaired) electrons. The topological polar surface area (TPSA) is 9.23 Å². The van der Waals surface area contributed by atoms with Crippen LogP contribution in [0.4, 0.5) is 0 Å². The van der Waals surface area contributed by atoms with E-state index in [1.54, 1.807) is 5.56 Å². The summed E-state index contributed by atoms with van der Waals surface area (Å²) in [4.78, 5) is 0. The standard InChI is InChI=1S/C13H12O.C12H16/c1-11-6-5-9-13(10-11)14-12-7-3-2-4-8-12;1-3-7-11(8-4-1)12-9-5-2-6-10-12/h2-10H,1H3;1,3-4,7-8,12H,2,5-6,9-10H2. The van der Waals surface area contributed by atoms with Crippen molar-refractivity contribution in [3.8, 4) is 11.5 Å². The number of aryl methyl sites for hydroxylation is 1. The molecule has 3 aromatic rings.